The number of nitrogens with two attached hydrogens (primary N) is 1. The van der Waals surface area contributed by atoms with Gasteiger partial charge in [-0.25, -0.2) is 0 Å². The van der Waals surface area contributed by atoms with Crippen LogP contribution in [0.25, 0.3) is 10.9 Å². The molecule has 1 aromatic carbocycles. The van der Waals surface area contributed by atoms with E-state index in [1.807, 2.05) is 0 Å². The Bertz CT molecular complexity index is 558. The Morgan fingerprint density at radius 2 is 2.28 bits per heavy atom. The fourth-order valence-electron chi connectivity index (χ4n) is 3.15. The molecule has 0 spiro atoms. The zero-order valence-corrected chi connectivity index (χ0v) is 11.1. The second-order valence-electron chi connectivity index (χ2n) is 5.57. The second kappa shape index (κ2) is 4.41. The topological polar surface area (TPSA) is 45.1 Å². The van der Waals surface area contributed by atoms with E-state index in [4.69, 9.17) is 5.73 Å². The van der Waals surface area contributed by atoms with Crippen molar-refractivity contribution in [1.82, 2.24) is 9.88 Å². The summed E-state index contributed by atoms with van der Waals surface area (Å²) in [5.41, 5.74) is 9.77. The largest absolute Gasteiger partial charge is 0.361 e. The van der Waals surface area contributed by atoms with Gasteiger partial charge >= 0.3 is 0 Å². The van der Waals surface area contributed by atoms with Gasteiger partial charge in [0.1, 0.15) is 0 Å². The van der Waals surface area contributed by atoms with E-state index in [2.05, 4.69) is 48.3 Å². The van der Waals surface area contributed by atoms with Gasteiger partial charge in [0.05, 0.1) is 0 Å². The van der Waals surface area contributed by atoms with Gasteiger partial charge < -0.3 is 10.7 Å². The first-order valence-corrected chi connectivity index (χ1v) is 6.67. The molecule has 1 saturated heterocycles. The number of hydrogen-bond donors (Lipinski definition) is 2. The summed E-state index contributed by atoms with van der Waals surface area (Å²) >= 11 is 0. The predicted octanol–water partition coefficient (Wildman–Crippen LogP) is 2.43. The Balaban J connectivity index is 1.96. The van der Waals surface area contributed by atoms with E-state index in [1.54, 1.807) is 0 Å². The van der Waals surface area contributed by atoms with Gasteiger partial charge in [-0.3, -0.25) is 4.90 Å². The highest BCUT2D eigenvalue weighted by Gasteiger charge is 2.29. The highest BCUT2D eigenvalue weighted by molar-refractivity contribution is 5.83. The molecule has 0 amide bonds. The lowest BCUT2D eigenvalue weighted by Crippen LogP contribution is -2.20. The van der Waals surface area contributed by atoms with E-state index in [9.17, 15) is 0 Å². The van der Waals surface area contributed by atoms with Crippen LogP contribution in [0.4, 0.5) is 0 Å². The molecule has 96 valence electrons. The molecule has 2 aromatic rings. The number of H-pyrrole nitrogens is 1. The van der Waals surface area contributed by atoms with E-state index in [0.717, 1.165) is 13.1 Å². The molecule has 1 fully saturated rings. The summed E-state index contributed by atoms with van der Waals surface area (Å²) in [5, 5.41) is 1.34. The van der Waals surface area contributed by atoms with Gasteiger partial charge in [-0.05, 0) is 56.1 Å². The monoisotopic (exact) mass is 243 g/mol. The molecule has 2 unspecified atom stereocenters. The molecule has 3 rings (SSSR count). The summed E-state index contributed by atoms with van der Waals surface area (Å²) in [5.74, 6) is 0.642. The molecule has 1 aliphatic heterocycles. The summed E-state index contributed by atoms with van der Waals surface area (Å²) in [4.78, 5) is 5.73. The number of benzene rings is 1. The van der Waals surface area contributed by atoms with Crippen LogP contribution in [0, 0.1) is 12.8 Å². The van der Waals surface area contributed by atoms with Gasteiger partial charge in [0.15, 0.2) is 0 Å². The van der Waals surface area contributed by atoms with Crippen LogP contribution in [-0.2, 0) is 0 Å². The Morgan fingerprint density at radius 3 is 3.00 bits per heavy atom. The Labute approximate surface area is 108 Å². The zero-order valence-electron chi connectivity index (χ0n) is 11.1. The van der Waals surface area contributed by atoms with Gasteiger partial charge in [-0.15, -0.1) is 0 Å². The smallest absolute Gasteiger partial charge is 0.0456 e. The van der Waals surface area contributed by atoms with Gasteiger partial charge in [0.25, 0.3) is 0 Å². The van der Waals surface area contributed by atoms with Crippen molar-refractivity contribution in [2.24, 2.45) is 11.7 Å². The average molecular weight is 243 g/mol. The Kier molecular flexibility index (Phi) is 2.88. The van der Waals surface area contributed by atoms with Crippen molar-refractivity contribution in [2.75, 3.05) is 20.1 Å². The first kappa shape index (κ1) is 11.8. The zero-order chi connectivity index (χ0) is 12.7. The van der Waals surface area contributed by atoms with E-state index < -0.39 is 0 Å². The molecule has 3 N–H and O–H groups in total. The number of hydrogen-bond acceptors (Lipinski definition) is 2. The normalized spacial score (nSPS) is 25.1. The highest BCUT2D eigenvalue weighted by atomic mass is 15.2. The van der Waals surface area contributed by atoms with Crippen LogP contribution in [0.15, 0.2) is 24.4 Å². The Morgan fingerprint density at radius 1 is 1.44 bits per heavy atom. The fourth-order valence-corrected chi connectivity index (χ4v) is 3.15. The molecule has 0 radical (unpaired) electrons. The first-order chi connectivity index (χ1) is 8.69. The Hall–Kier alpha value is -1.32. The van der Waals surface area contributed by atoms with Crippen molar-refractivity contribution in [1.29, 1.82) is 0 Å². The lowest BCUT2D eigenvalue weighted by atomic mass is 9.98. The maximum absolute atomic E-state index is 5.80. The number of aryl methyl sites for hydroxylation is 1. The van der Waals surface area contributed by atoms with Gasteiger partial charge in [-0.1, -0.05) is 6.07 Å². The minimum absolute atomic E-state index is 0.525. The van der Waals surface area contributed by atoms with Crippen molar-refractivity contribution in [3.05, 3.63) is 35.5 Å². The van der Waals surface area contributed by atoms with Gasteiger partial charge in [0, 0.05) is 29.7 Å². The van der Waals surface area contributed by atoms with Crippen molar-refractivity contribution < 1.29 is 0 Å². The van der Waals surface area contributed by atoms with E-state index in [1.165, 1.54) is 28.5 Å². The van der Waals surface area contributed by atoms with Crippen LogP contribution >= 0.6 is 0 Å². The summed E-state index contributed by atoms with van der Waals surface area (Å²) < 4.78 is 0. The molecule has 2 atom stereocenters. The third kappa shape index (κ3) is 1.84. The van der Waals surface area contributed by atoms with Crippen molar-refractivity contribution in [3.8, 4) is 0 Å². The molecule has 18 heavy (non-hydrogen) atoms. The third-order valence-electron chi connectivity index (χ3n) is 4.27. The van der Waals surface area contributed by atoms with Crippen molar-refractivity contribution >= 4 is 10.9 Å². The molecular weight excluding hydrogens is 222 g/mol. The lowest BCUT2D eigenvalue weighted by molar-refractivity contribution is 0.314. The minimum Gasteiger partial charge on any atom is -0.361 e. The molecular formula is C15H21N3. The highest BCUT2D eigenvalue weighted by Crippen LogP contribution is 2.35. The third-order valence-corrected chi connectivity index (χ3v) is 4.27. The van der Waals surface area contributed by atoms with E-state index in [-0.39, 0.29) is 0 Å². The molecule has 1 aliphatic rings. The van der Waals surface area contributed by atoms with E-state index in [0.29, 0.717) is 12.0 Å². The fraction of sp³-hybridized carbons (Fsp3) is 0.467. The van der Waals surface area contributed by atoms with Crippen LogP contribution in [0.2, 0.25) is 0 Å². The van der Waals surface area contributed by atoms with Gasteiger partial charge in [0.2, 0.25) is 0 Å². The number of nitrogens with one attached hydrogen (secondary N) is 1. The predicted molar refractivity (Wildman–Crippen MR) is 75.6 cm³/mol. The number of aromatic amines is 1. The summed E-state index contributed by atoms with van der Waals surface area (Å²) in [6.45, 7) is 4.07. The van der Waals surface area contributed by atoms with Crippen molar-refractivity contribution in [3.63, 3.8) is 0 Å². The summed E-state index contributed by atoms with van der Waals surface area (Å²) in [7, 11) is 2.20. The molecule has 3 heteroatoms. The van der Waals surface area contributed by atoms with Crippen LogP contribution in [0.5, 0.6) is 0 Å². The SMILES string of the molecule is Cc1c[nH]c2ccc(C3CC(CN)CN3C)cc12. The maximum atomic E-state index is 5.80. The van der Waals surface area contributed by atoms with Crippen LogP contribution in [-0.4, -0.2) is 30.0 Å². The van der Waals surface area contributed by atoms with E-state index >= 15 is 0 Å². The average Bonchev–Trinajstić information content (AvgIpc) is 2.93. The molecule has 1 aromatic heterocycles. The number of rotatable bonds is 2. The van der Waals surface area contributed by atoms with Crippen LogP contribution in [0.3, 0.4) is 0 Å². The second-order valence-corrected chi connectivity index (χ2v) is 5.57. The standard InChI is InChI=1S/C15H21N3/c1-10-8-17-14-4-3-12(6-13(10)14)15-5-11(7-16)9-18(15)2/h3-4,6,8,11,15,17H,5,7,9,16H2,1-2H3. The number of nitrogens with zero attached hydrogens (tertiary/aromatic N) is 1. The molecule has 0 bridgehead atoms. The summed E-state index contributed by atoms with van der Waals surface area (Å²) in [6.07, 6.45) is 3.26. The first-order valence-electron chi connectivity index (χ1n) is 6.67. The molecule has 0 aliphatic carbocycles. The van der Waals surface area contributed by atoms with Crippen molar-refractivity contribution in [2.45, 2.75) is 19.4 Å². The number of fused-ring (bicyclic) bond motifs is 1. The number of aromatic nitrogens is 1. The number of likely N-dealkylation sites (tertiary alicyclic amines) is 1. The van der Waals surface area contributed by atoms with Gasteiger partial charge in [-0.2, -0.15) is 0 Å². The molecule has 3 nitrogen and oxygen atoms in total. The quantitative estimate of drug-likeness (QED) is 0.851. The minimum atomic E-state index is 0.525. The maximum Gasteiger partial charge on any atom is 0.0456 e. The van der Waals surface area contributed by atoms with Crippen LogP contribution < -0.4 is 5.73 Å². The molecule has 0 saturated carbocycles. The summed E-state index contributed by atoms with van der Waals surface area (Å²) in [6, 6.07) is 7.30. The molecule has 2 heterocycles. The van der Waals surface area contributed by atoms with Crippen LogP contribution in [0.1, 0.15) is 23.6 Å². The lowest BCUT2D eigenvalue weighted by Gasteiger charge is -2.19.